The molecule has 0 aliphatic carbocycles. The van der Waals surface area contributed by atoms with E-state index in [1.54, 1.807) is 29.2 Å². The predicted molar refractivity (Wildman–Crippen MR) is 95.6 cm³/mol. The first-order valence-corrected chi connectivity index (χ1v) is 9.69. The molecule has 1 aromatic rings. The molecular weight excluding hydrogens is 326 g/mol. The fraction of sp³-hybridized carbons (Fsp3) is 0.588. The molecule has 1 heterocycles. The second-order valence-electron chi connectivity index (χ2n) is 7.03. The highest BCUT2D eigenvalue weighted by molar-refractivity contribution is 7.89. The van der Waals surface area contributed by atoms with Gasteiger partial charge in [-0.3, -0.25) is 4.79 Å². The van der Waals surface area contributed by atoms with Crippen LogP contribution in [0, 0.1) is 0 Å². The summed E-state index contributed by atoms with van der Waals surface area (Å²) in [5, 5.41) is 0. The zero-order chi connectivity index (χ0) is 18.0. The highest BCUT2D eigenvalue weighted by Gasteiger charge is 2.25. The molecule has 0 unspecified atom stereocenters. The summed E-state index contributed by atoms with van der Waals surface area (Å²) in [5.74, 6) is 0.0997. The van der Waals surface area contributed by atoms with E-state index in [0.29, 0.717) is 19.5 Å². The van der Waals surface area contributed by atoms with Crippen LogP contribution in [0.4, 0.5) is 5.69 Å². The van der Waals surface area contributed by atoms with Crippen LogP contribution in [0.5, 0.6) is 0 Å². The summed E-state index contributed by atoms with van der Waals surface area (Å²) in [4.78, 5) is 15.9. The lowest BCUT2D eigenvalue weighted by atomic mass is 10.1. The molecule has 0 atom stereocenters. The zero-order valence-electron chi connectivity index (χ0n) is 14.9. The zero-order valence-corrected chi connectivity index (χ0v) is 15.7. The Kier molecular flexibility index (Phi) is 5.67. The first kappa shape index (κ1) is 18.9. The molecule has 134 valence electrons. The van der Waals surface area contributed by atoms with Gasteiger partial charge in [-0.1, -0.05) is 0 Å². The number of rotatable bonds is 6. The summed E-state index contributed by atoms with van der Waals surface area (Å²) < 4.78 is 27.5. The standard InChI is InChI=1S/C17H27N3O3S/c1-17(2,19(3)4)13-18-24(22,23)15-10-8-14(9-11-15)20-12-6-5-7-16(20)21/h8-11,18H,5-7,12-13H2,1-4H3. The van der Waals surface area contributed by atoms with Gasteiger partial charge in [0.05, 0.1) is 4.90 Å². The molecule has 0 radical (unpaired) electrons. The molecule has 0 saturated carbocycles. The second kappa shape index (κ2) is 7.21. The number of anilines is 1. The van der Waals surface area contributed by atoms with Crippen molar-refractivity contribution in [2.75, 3.05) is 32.1 Å². The maximum atomic E-state index is 12.4. The number of amides is 1. The average molecular weight is 353 g/mol. The van der Waals surface area contributed by atoms with Crippen molar-refractivity contribution in [1.29, 1.82) is 0 Å². The Morgan fingerprint density at radius 1 is 1.17 bits per heavy atom. The molecule has 1 N–H and O–H groups in total. The number of nitrogens with zero attached hydrogens (tertiary/aromatic N) is 2. The third kappa shape index (κ3) is 4.34. The van der Waals surface area contributed by atoms with Gasteiger partial charge in [-0.25, -0.2) is 13.1 Å². The van der Waals surface area contributed by atoms with Gasteiger partial charge in [0, 0.05) is 30.7 Å². The van der Waals surface area contributed by atoms with E-state index >= 15 is 0 Å². The molecule has 1 aliphatic rings. The number of sulfonamides is 1. The van der Waals surface area contributed by atoms with Crippen molar-refractivity contribution in [2.24, 2.45) is 0 Å². The smallest absolute Gasteiger partial charge is 0.240 e. The summed E-state index contributed by atoms with van der Waals surface area (Å²) in [6.45, 7) is 4.95. The molecule has 24 heavy (non-hydrogen) atoms. The van der Waals surface area contributed by atoms with Crippen LogP contribution in [0.25, 0.3) is 0 Å². The van der Waals surface area contributed by atoms with Crippen LogP contribution in [0.15, 0.2) is 29.2 Å². The number of piperidine rings is 1. The average Bonchev–Trinajstić information content (AvgIpc) is 2.54. The van der Waals surface area contributed by atoms with E-state index in [4.69, 9.17) is 0 Å². The molecule has 0 aromatic heterocycles. The maximum absolute atomic E-state index is 12.4. The van der Waals surface area contributed by atoms with E-state index in [9.17, 15) is 13.2 Å². The van der Waals surface area contributed by atoms with Gasteiger partial charge < -0.3 is 9.80 Å². The van der Waals surface area contributed by atoms with Crippen molar-refractivity contribution in [3.8, 4) is 0 Å². The van der Waals surface area contributed by atoms with Crippen molar-refractivity contribution in [3.05, 3.63) is 24.3 Å². The Morgan fingerprint density at radius 3 is 2.33 bits per heavy atom. The molecule has 1 saturated heterocycles. The first-order chi connectivity index (χ1) is 11.1. The van der Waals surface area contributed by atoms with Crippen LogP contribution >= 0.6 is 0 Å². The predicted octanol–water partition coefficient (Wildman–Crippen LogP) is 1.82. The largest absolute Gasteiger partial charge is 0.312 e. The van der Waals surface area contributed by atoms with Crippen molar-refractivity contribution in [2.45, 2.75) is 43.5 Å². The third-order valence-electron chi connectivity index (χ3n) is 4.69. The molecule has 1 fully saturated rings. The van der Waals surface area contributed by atoms with Crippen molar-refractivity contribution >= 4 is 21.6 Å². The Balaban J connectivity index is 2.10. The number of carbonyl (C=O) groups is 1. The Hall–Kier alpha value is -1.44. The normalized spacial score (nSPS) is 16.7. The molecule has 0 bridgehead atoms. The minimum absolute atomic E-state index is 0.0997. The fourth-order valence-electron chi connectivity index (χ4n) is 2.40. The van der Waals surface area contributed by atoms with Crippen LogP contribution in [0.1, 0.15) is 33.1 Å². The number of hydrogen-bond acceptors (Lipinski definition) is 4. The SMILES string of the molecule is CN(C)C(C)(C)CNS(=O)(=O)c1ccc(N2CCCCC2=O)cc1. The lowest BCUT2D eigenvalue weighted by molar-refractivity contribution is -0.119. The molecule has 1 amide bonds. The Bertz CT molecular complexity index is 682. The van der Waals surface area contributed by atoms with Crippen molar-refractivity contribution in [3.63, 3.8) is 0 Å². The van der Waals surface area contributed by atoms with Crippen LogP contribution in [0.3, 0.4) is 0 Å². The van der Waals surface area contributed by atoms with Gasteiger partial charge in [-0.05, 0) is 65.0 Å². The highest BCUT2D eigenvalue weighted by Crippen LogP contribution is 2.22. The highest BCUT2D eigenvalue weighted by atomic mass is 32.2. The van der Waals surface area contributed by atoms with E-state index in [1.807, 2.05) is 32.8 Å². The number of benzene rings is 1. The lowest BCUT2D eigenvalue weighted by Gasteiger charge is -2.32. The van der Waals surface area contributed by atoms with Gasteiger partial charge in [0.1, 0.15) is 0 Å². The van der Waals surface area contributed by atoms with Gasteiger partial charge in [0.15, 0.2) is 0 Å². The minimum Gasteiger partial charge on any atom is -0.312 e. The first-order valence-electron chi connectivity index (χ1n) is 8.21. The summed E-state index contributed by atoms with van der Waals surface area (Å²) in [5.41, 5.74) is 0.472. The Morgan fingerprint density at radius 2 is 1.79 bits per heavy atom. The summed E-state index contributed by atoms with van der Waals surface area (Å²) in [7, 11) is 0.263. The summed E-state index contributed by atoms with van der Waals surface area (Å²) in [6.07, 6.45) is 2.46. The van der Waals surface area contributed by atoms with E-state index in [-0.39, 0.29) is 16.3 Å². The monoisotopic (exact) mass is 353 g/mol. The third-order valence-corrected chi connectivity index (χ3v) is 6.10. The van der Waals surface area contributed by atoms with Crippen LogP contribution in [-0.4, -0.2) is 51.9 Å². The van der Waals surface area contributed by atoms with E-state index in [1.165, 1.54) is 0 Å². The van der Waals surface area contributed by atoms with Gasteiger partial charge in [0.2, 0.25) is 15.9 Å². The quantitative estimate of drug-likeness (QED) is 0.847. The van der Waals surface area contributed by atoms with Gasteiger partial charge >= 0.3 is 0 Å². The number of hydrogen-bond donors (Lipinski definition) is 1. The van der Waals surface area contributed by atoms with Crippen LogP contribution in [-0.2, 0) is 14.8 Å². The molecule has 7 heteroatoms. The molecular formula is C17H27N3O3S. The summed E-state index contributed by atoms with van der Waals surface area (Å²) in [6, 6.07) is 6.52. The number of nitrogens with one attached hydrogen (secondary N) is 1. The van der Waals surface area contributed by atoms with Gasteiger partial charge in [-0.2, -0.15) is 0 Å². The Labute approximate surface area is 144 Å². The summed E-state index contributed by atoms with van der Waals surface area (Å²) >= 11 is 0. The van der Waals surface area contributed by atoms with E-state index in [2.05, 4.69) is 4.72 Å². The minimum atomic E-state index is -3.57. The van der Waals surface area contributed by atoms with E-state index < -0.39 is 10.0 Å². The molecule has 6 nitrogen and oxygen atoms in total. The fourth-order valence-corrected chi connectivity index (χ4v) is 3.60. The maximum Gasteiger partial charge on any atom is 0.240 e. The molecule has 0 spiro atoms. The van der Waals surface area contributed by atoms with Gasteiger partial charge in [-0.15, -0.1) is 0 Å². The molecule has 2 rings (SSSR count). The van der Waals surface area contributed by atoms with Crippen LogP contribution < -0.4 is 9.62 Å². The van der Waals surface area contributed by atoms with Crippen LogP contribution in [0.2, 0.25) is 0 Å². The number of likely N-dealkylation sites (N-methyl/N-ethyl adjacent to an activating group) is 1. The van der Waals surface area contributed by atoms with Gasteiger partial charge in [0.25, 0.3) is 0 Å². The molecule has 1 aliphatic heterocycles. The van der Waals surface area contributed by atoms with Crippen molar-refractivity contribution in [1.82, 2.24) is 9.62 Å². The molecule has 1 aromatic carbocycles. The second-order valence-corrected chi connectivity index (χ2v) is 8.79. The lowest BCUT2D eigenvalue weighted by Crippen LogP contribution is -2.48. The topological polar surface area (TPSA) is 69.7 Å². The van der Waals surface area contributed by atoms with Crippen molar-refractivity contribution < 1.29 is 13.2 Å². The number of carbonyl (C=O) groups excluding carboxylic acids is 1. The van der Waals surface area contributed by atoms with E-state index in [0.717, 1.165) is 18.5 Å².